The van der Waals surface area contributed by atoms with Crippen LogP contribution in [0.3, 0.4) is 0 Å². The predicted molar refractivity (Wildman–Crippen MR) is 52.9 cm³/mol. The molecule has 0 saturated heterocycles. The molecule has 0 aromatic carbocycles. The van der Waals surface area contributed by atoms with E-state index in [4.69, 9.17) is 10.3 Å². The fourth-order valence-corrected chi connectivity index (χ4v) is 1.10. The van der Waals surface area contributed by atoms with Crippen molar-refractivity contribution in [1.29, 1.82) is 0 Å². The Balaban J connectivity index is 2.74. The summed E-state index contributed by atoms with van der Waals surface area (Å²) in [6, 6.07) is -0.378. The van der Waals surface area contributed by atoms with Gasteiger partial charge in [-0.2, -0.15) is 13.2 Å². The van der Waals surface area contributed by atoms with Crippen molar-refractivity contribution in [2.45, 2.75) is 44.8 Å². The van der Waals surface area contributed by atoms with Gasteiger partial charge in [-0.05, 0) is 0 Å². The molecule has 1 rings (SSSR count). The third kappa shape index (κ3) is 3.23. The van der Waals surface area contributed by atoms with E-state index in [9.17, 15) is 13.2 Å². The Kier molecular flexibility index (Phi) is 3.33. The second kappa shape index (κ2) is 4.08. The first-order valence-electron chi connectivity index (χ1n) is 4.89. The van der Waals surface area contributed by atoms with Gasteiger partial charge in [0.05, 0.1) is 5.69 Å². The lowest BCUT2D eigenvalue weighted by Gasteiger charge is -2.13. The quantitative estimate of drug-likeness (QED) is 0.857. The number of alkyl halides is 3. The van der Waals surface area contributed by atoms with Gasteiger partial charge in [0.15, 0.2) is 0 Å². The zero-order chi connectivity index (χ0) is 12.6. The molecule has 3 nitrogen and oxygen atoms in total. The first-order valence-corrected chi connectivity index (χ1v) is 4.89. The topological polar surface area (TPSA) is 52.0 Å². The monoisotopic (exact) mass is 236 g/mol. The molecule has 0 radical (unpaired) electrons. The van der Waals surface area contributed by atoms with Crippen molar-refractivity contribution in [2.24, 2.45) is 5.73 Å². The average Bonchev–Trinajstić information content (AvgIpc) is 2.49. The minimum absolute atomic E-state index is 0.231. The third-order valence-corrected chi connectivity index (χ3v) is 2.15. The van der Waals surface area contributed by atoms with Crippen LogP contribution in [-0.2, 0) is 11.8 Å². The Hall–Kier alpha value is -1.04. The lowest BCUT2D eigenvalue weighted by atomic mass is 9.93. The van der Waals surface area contributed by atoms with Gasteiger partial charge in [0, 0.05) is 17.9 Å². The number of halogens is 3. The van der Waals surface area contributed by atoms with Gasteiger partial charge in [-0.25, -0.2) is 0 Å². The molecule has 0 bridgehead atoms. The Morgan fingerprint density at radius 1 is 1.38 bits per heavy atom. The van der Waals surface area contributed by atoms with Crippen molar-refractivity contribution in [1.82, 2.24) is 5.16 Å². The number of rotatable bonds is 2. The normalized spacial score (nSPS) is 15.2. The number of nitrogens with two attached hydrogens (primary N) is 1. The van der Waals surface area contributed by atoms with Crippen LogP contribution in [0.15, 0.2) is 10.6 Å². The van der Waals surface area contributed by atoms with Crippen LogP contribution < -0.4 is 5.73 Å². The van der Waals surface area contributed by atoms with Crippen molar-refractivity contribution < 1.29 is 17.7 Å². The summed E-state index contributed by atoms with van der Waals surface area (Å²) in [6.45, 7) is 5.67. The first-order chi connectivity index (χ1) is 7.10. The smallest absolute Gasteiger partial charge is 0.361 e. The van der Waals surface area contributed by atoms with Gasteiger partial charge in [-0.3, -0.25) is 0 Å². The van der Waals surface area contributed by atoms with Crippen molar-refractivity contribution >= 4 is 0 Å². The molecule has 0 spiro atoms. The highest BCUT2D eigenvalue weighted by Gasteiger charge is 2.37. The minimum atomic E-state index is -4.40. The number of hydrogen-bond donors (Lipinski definition) is 1. The summed E-state index contributed by atoms with van der Waals surface area (Å²) in [6.07, 6.45) is -4.76. The minimum Gasteiger partial charge on any atom is -0.361 e. The van der Waals surface area contributed by atoms with E-state index >= 15 is 0 Å². The third-order valence-electron chi connectivity index (χ3n) is 2.15. The molecule has 0 fully saturated rings. The lowest BCUT2D eigenvalue weighted by Crippen LogP contribution is -2.39. The van der Waals surface area contributed by atoms with E-state index < -0.39 is 12.2 Å². The van der Waals surface area contributed by atoms with Crippen molar-refractivity contribution in [3.8, 4) is 0 Å². The van der Waals surface area contributed by atoms with Crippen molar-refractivity contribution in [3.63, 3.8) is 0 Å². The summed E-state index contributed by atoms with van der Waals surface area (Å²) in [5.74, 6) is 0.553. The van der Waals surface area contributed by atoms with Gasteiger partial charge in [0.2, 0.25) is 0 Å². The van der Waals surface area contributed by atoms with E-state index in [-0.39, 0.29) is 17.5 Å². The molecule has 1 atom stereocenters. The van der Waals surface area contributed by atoms with Crippen LogP contribution in [0, 0.1) is 0 Å². The van der Waals surface area contributed by atoms with Crippen LogP contribution >= 0.6 is 0 Å². The van der Waals surface area contributed by atoms with Crippen molar-refractivity contribution in [3.05, 3.63) is 17.5 Å². The van der Waals surface area contributed by atoms with Crippen LogP contribution in [0.1, 0.15) is 32.2 Å². The molecular weight excluding hydrogens is 221 g/mol. The Labute approximate surface area is 91.8 Å². The molecule has 2 N–H and O–H groups in total. The zero-order valence-electron chi connectivity index (χ0n) is 9.43. The van der Waals surface area contributed by atoms with E-state index in [1.165, 1.54) is 6.07 Å². The molecule has 1 aromatic rings. The molecule has 0 aliphatic heterocycles. The van der Waals surface area contributed by atoms with Crippen LogP contribution in [0.2, 0.25) is 0 Å². The van der Waals surface area contributed by atoms with Gasteiger partial charge in [0.25, 0.3) is 0 Å². The maximum Gasteiger partial charge on any atom is 0.404 e. The summed E-state index contributed by atoms with van der Waals surface area (Å²) >= 11 is 0. The molecule has 92 valence electrons. The van der Waals surface area contributed by atoms with Crippen LogP contribution in [0.4, 0.5) is 13.2 Å². The number of hydrogen-bond acceptors (Lipinski definition) is 3. The molecular formula is C10H15F3N2O. The summed E-state index contributed by atoms with van der Waals surface area (Å²) in [5, 5.41) is 3.58. The lowest BCUT2D eigenvalue weighted by molar-refractivity contribution is -0.147. The summed E-state index contributed by atoms with van der Waals surface area (Å²) in [4.78, 5) is 0. The molecule has 6 heteroatoms. The molecule has 16 heavy (non-hydrogen) atoms. The molecule has 0 aliphatic carbocycles. The second-order valence-corrected chi connectivity index (χ2v) is 4.78. The van der Waals surface area contributed by atoms with Gasteiger partial charge in [-0.15, -0.1) is 0 Å². The largest absolute Gasteiger partial charge is 0.404 e. The summed E-state index contributed by atoms with van der Waals surface area (Å²) in [7, 11) is 0. The van der Waals surface area contributed by atoms with E-state index in [1.54, 1.807) is 0 Å². The maximum absolute atomic E-state index is 12.2. The highest BCUT2D eigenvalue weighted by atomic mass is 19.4. The molecule has 1 aromatic heterocycles. The van der Waals surface area contributed by atoms with E-state index in [1.807, 2.05) is 20.8 Å². The number of nitrogens with zero attached hydrogens (tertiary/aromatic N) is 1. The van der Waals surface area contributed by atoms with Gasteiger partial charge in [-0.1, -0.05) is 25.9 Å². The van der Waals surface area contributed by atoms with E-state index in [0.717, 1.165) is 0 Å². The van der Waals surface area contributed by atoms with Crippen LogP contribution in [0.5, 0.6) is 0 Å². The molecule has 0 saturated carbocycles. The van der Waals surface area contributed by atoms with Gasteiger partial charge < -0.3 is 10.3 Å². The van der Waals surface area contributed by atoms with Crippen LogP contribution in [0.25, 0.3) is 0 Å². The standard InChI is InChI=1S/C10H15F3N2O/c1-9(2,3)8-5-6(15-16-8)4-7(14)10(11,12)13/h5,7H,4,14H2,1-3H3. The fraction of sp³-hybridized carbons (Fsp3) is 0.700. The van der Waals surface area contributed by atoms with Crippen molar-refractivity contribution in [2.75, 3.05) is 0 Å². The SMILES string of the molecule is CC(C)(C)c1cc(CC(N)C(F)(F)F)no1. The highest BCUT2D eigenvalue weighted by Crippen LogP contribution is 2.25. The van der Waals surface area contributed by atoms with E-state index in [0.29, 0.717) is 5.76 Å². The maximum atomic E-state index is 12.2. The summed E-state index contributed by atoms with van der Waals surface area (Å²) in [5.41, 5.74) is 4.96. The molecule has 0 aliphatic rings. The molecule has 1 unspecified atom stereocenters. The zero-order valence-corrected chi connectivity index (χ0v) is 9.43. The molecule has 0 amide bonds. The molecule has 1 heterocycles. The summed E-state index contributed by atoms with van der Waals surface area (Å²) < 4.78 is 41.5. The average molecular weight is 236 g/mol. The predicted octanol–water partition coefficient (Wildman–Crippen LogP) is 2.40. The van der Waals surface area contributed by atoms with Crippen LogP contribution in [-0.4, -0.2) is 17.4 Å². The highest BCUT2D eigenvalue weighted by molar-refractivity contribution is 5.14. The Morgan fingerprint density at radius 3 is 2.31 bits per heavy atom. The first kappa shape index (κ1) is 13.0. The number of aromatic nitrogens is 1. The fourth-order valence-electron chi connectivity index (χ4n) is 1.10. The Bertz CT molecular complexity index is 352. The van der Waals surface area contributed by atoms with Gasteiger partial charge in [0.1, 0.15) is 11.8 Å². The van der Waals surface area contributed by atoms with Gasteiger partial charge >= 0.3 is 6.18 Å². The second-order valence-electron chi connectivity index (χ2n) is 4.78. The Morgan fingerprint density at radius 2 is 1.94 bits per heavy atom. The van der Waals surface area contributed by atoms with E-state index in [2.05, 4.69) is 5.16 Å².